The van der Waals surface area contributed by atoms with Crippen molar-refractivity contribution >= 4 is 75.5 Å². The van der Waals surface area contributed by atoms with Gasteiger partial charge in [0.15, 0.2) is 0 Å². The van der Waals surface area contributed by atoms with E-state index >= 15 is 0 Å². The highest BCUT2D eigenvalue weighted by molar-refractivity contribution is 6.53. The topological polar surface area (TPSA) is 49.4 Å². The van der Waals surface area contributed by atoms with Crippen molar-refractivity contribution in [1.82, 2.24) is 4.90 Å². The van der Waals surface area contributed by atoms with Gasteiger partial charge in [-0.2, -0.15) is 0 Å². The third-order valence-electron chi connectivity index (χ3n) is 6.10. The Morgan fingerprint density at radius 2 is 1.68 bits per heavy atom. The molecule has 2 fully saturated rings. The fraction of sp³-hybridized carbons (Fsp3) is 0.391. The number of carbonyl (C=O) groups excluding carboxylic acids is 2. The number of halogens is 7. The van der Waals surface area contributed by atoms with Crippen LogP contribution in [-0.4, -0.2) is 40.6 Å². The average Bonchev–Trinajstić information content (AvgIpc) is 3.29. The van der Waals surface area contributed by atoms with Crippen LogP contribution >= 0.6 is 58.0 Å². The number of anilines is 1. The Bertz CT molecular complexity index is 1130. The first-order chi connectivity index (χ1) is 15.8. The van der Waals surface area contributed by atoms with Crippen molar-refractivity contribution in [2.45, 2.75) is 29.0 Å². The number of nitrogens with one attached hydrogen (secondary N) is 1. The van der Waals surface area contributed by atoms with E-state index < -0.39 is 33.9 Å². The Morgan fingerprint density at radius 1 is 1.06 bits per heavy atom. The maximum absolute atomic E-state index is 13.1. The molecule has 0 heterocycles. The zero-order chi connectivity index (χ0) is 25.0. The van der Waals surface area contributed by atoms with Crippen LogP contribution in [0.3, 0.4) is 0 Å². The molecule has 0 aliphatic heterocycles. The first-order valence-electron chi connectivity index (χ1n) is 10.4. The molecular formula is C23H19Cl5F2N2O2. The molecule has 11 heteroatoms. The van der Waals surface area contributed by atoms with Gasteiger partial charge in [-0.1, -0.05) is 34.8 Å². The number of benzene rings is 2. The zero-order valence-electron chi connectivity index (χ0n) is 17.7. The molecule has 2 atom stereocenters. The molecule has 0 radical (unpaired) electrons. The molecule has 4 rings (SSSR count). The highest BCUT2D eigenvalue weighted by Gasteiger charge is 2.67. The molecule has 182 valence electrons. The third kappa shape index (κ3) is 5.26. The van der Waals surface area contributed by atoms with Crippen molar-refractivity contribution < 1.29 is 18.4 Å². The van der Waals surface area contributed by atoms with Crippen LogP contribution in [0.4, 0.5) is 14.5 Å². The Morgan fingerprint density at radius 3 is 2.26 bits per heavy atom. The van der Waals surface area contributed by atoms with Crippen LogP contribution in [-0.2, 0) is 4.79 Å². The van der Waals surface area contributed by atoms with Gasteiger partial charge in [-0.25, -0.2) is 8.78 Å². The minimum absolute atomic E-state index is 0.144. The van der Waals surface area contributed by atoms with E-state index in [1.54, 1.807) is 24.3 Å². The summed E-state index contributed by atoms with van der Waals surface area (Å²) < 4.78 is 24.9. The smallest absolute Gasteiger partial charge is 0.255 e. The van der Waals surface area contributed by atoms with Crippen molar-refractivity contribution in [1.29, 1.82) is 0 Å². The van der Waals surface area contributed by atoms with E-state index in [0.717, 1.165) is 0 Å². The van der Waals surface area contributed by atoms with Crippen molar-refractivity contribution in [2.24, 2.45) is 11.8 Å². The summed E-state index contributed by atoms with van der Waals surface area (Å²) in [4.78, 5) is 27.2. The van der Waals surface area contributed by atoms with Gasteiger partial charge in [0, 0.05) is 48.1 Å². The third-order valence-corrected chi connectivity index (χ3v) is 7.80. The SMILES string of the molecule is CN(CC1CC(F)(F)C1)C(=O)c1cc(NC(=O)[C@H]2[C@H](c3cc(Cl)cc(Cl)c3)C2(Cl)Cl)ccc1Cl. The lowest BCUT2D eigenvalue weighted by molar-refractivity contribution is -0.117. The first kappa shape index (κ1) is 25.8. The van der Waals surface area contributed by atoms with Gasteiger partial charge < -0.3 is 10.2 Å². The average molecular weight is 571 g/mol. The molecular weight excluding hydrogens is 552 g/mol. The maximum Gasteiger partial charge on any atom is 0.255 e. The number of nitrogens with zero attached hydrogens (tertiary/aromatic N) is 1. The van der Waals surface area contributed by atoms with Crippen molar-refractivity contribution in [3.63, 3.8) is 0 Å². The summed E-state index contributed by atoms with van der Waals surface area (Å²) in [7, 11) is 1.53. The van der Waals surface area contributed by atoms with E-state index in [0.29, 0.717) is 21.3 Å². The van der Waals surface area contributed by atoms with E-state index in [1.165, 1.54) is 24.1 Å². The van der Waals surface area contributed by atoms with Crippen molar-refractivity contribution in [2.75, 3.05) is 18.9 Å². The molecule has 2 aliphatic carbocycles. The molecule has 2 aromatic rings. The second-order valence-electron chi connectivity index (χ2n) is 8.83. The van der Waals surface area contributed by atoms with Gasteiger partial charge in [-0.3, -0.25) is 9.59 Å². The normalized spacial score (nSPS) is 22.6. The van der Waals surface area contributed by atoms with Crippen LogP contribution in [0, 0.1) is 11.8 Å². The Labute approximate surface area is 220 Å². The second-order valence-corrected chi connectivity index (χ2v) is 11.6. The molecule has 0 aromatic heterocycles. The summed E-state index contributed by atoms with van der Waals surface area (Å²) in [5, 5.41) is 3.69. The molecule has 0 spiro atoms. The molecule has 0 saturated heterocycles. The number of alkyl halides is 4. The van der Waals surface area contributed by atoms with Gasteiger partial charge in [0.2, 0.25) is 11.8 Å². The number of carbonyl (C=O) groups is 2. The standard InChI is InChI=1S/C23H19Cl5F2N2O2/c1-32(10-11-8-22(29,30)9-11)21(34)16-7-15(2-3-17(16)26)31-20(33)19-18(23(19,27)28)12-4-13(24)6-14(25)5-12/h2-7,11,18-19H,8-10H2,1H3,(H,31,33)/t18-,19+/m0/s1. The predicted molar refractivity (Wildman–Crippen MR) is 132 cm³/mol. The van der Waals surface area contributed by atoms with Gasteiger partial charge in [-0.15, -0.1) is 23.2 Å². The quantitative estimate of drug-likeness (QED) is 0.371. The van der Waals surface area contributed by atoms with E-state index in [1.807, 2.05) is 0 Å². The Kier molecular flexibility index (Phi) is 7.04. The summed E-state index contributed by atoms with van der Waals surface area (Å²) >= 11 is 31.1. The van der Waals surface area contributed by atoms with E-state index in [2.05, 4.69) is 5.32 Å². The summed E-state index contributed by atoms with van der Waals surface area (Å²) in [6.45, 7) is 0.189. The lowest BCUT2D eigenvalue weighted by Gasteiger charge is -2.37. The first-order valence-corrected chi connectivity index (χ1v) is 12.2. The molecule has 1 N–H and O–H groups in total. The maximum atomic E-state index is 13.1. The molecule has 2 aliphatic rings. The molecule has 0 unspecified atom stereocenters. The molecule has 34 heavy (non-hydrogen) atoms. The number of amides is 2. The summed E-state index contributed by atoms with van der Waals surface area (Å²) in [6.07, 6.45) is -0.485. The lowest BCUT2D eigenvalue weighted by atomic mass is 9.81. The van der Waals surface area contributed by atoms with Gasteiger partial charge in [0.05, 0.1) is 16.5 Å². The second kappa shape index (κ2) is 9.29. The monoisotopic (exact) mass is 568 g/mol. The molecule has 0 bridgehead atoms. The van der Waals surface area contributed by atoms with Crippen molar-refractivity contribution in [3.8, 4) is 0 Å². The fourth-order valence-electron chi connectivity index (χ4n) is 4.40. The summed E-state index contributed by atoms with van der Waals surface area (Å²) in [5.74, 6) is -5.10. The van der Waals surface area contributed by atoms with Gasteiger partial charge in [-0.05, 0) is 47.9 Å². The number of hydrogen-bond acceptors (Lipinski definition) is 2. The largest absolute Gasteiger partial charge is 0.341 e. The minimum Gasteiger partial charge on any atom is -0.341 e. The number of rotatable bonds is 6. The van der Waals surface area contributed by atoms with E-state index in [9.17, 15) is 18.4 Å². The summed E-state index contributed by atoms with van der Waals surface area (Å²) in [5.41, 5.74) is 1.10. The highest BCUT2D eigenvalue weighted by Crippen LogP contribution is 2.65. The lowest BCUT2D eigenvalue weighted by Crippen LogP contribution is -2.43. The predicted octanol–water partition coefficient (Wildman–Crippen LogP) is 7.29. The van der Waals surface area contributed by atoms with Gasteiger partial charge >= 0.3 is 0 Å². The molecule has 4 nitrogen and oxygen atoms in total. The van der Waals surface area contributed by atoms with Gasteiger partial charge in [0.25, 0.3) is 5.91 Å². The van der Waals surface area contributed by atoms with Gasteiger partial charge in [0.1, 0.15) is 4.33 Å². The van der Waals surface area contributed by atoms with Crippen LogP contribution in [0.15, 0.2) is 36.4 Å². The van der Waals surface area contributed by atoms with E-state index in [4.69, 9.17) is 58.0 Å². The van der Waals surface area contributed by atoms with Crippen LogP contribution in [0.25, 0.3) is 0 Å². The zero-order valence-corrected chi connectivity index (χ0v) is 21.5. The Hall–Kier alpha value is -1.31. The summed E-state index contributed by atoms with van der Waals surface area (Å²) in [6, 6.07) is 9.32. The van der Waals surface area contributed by atoms with Crippen LogP contribution in [0.1, 0.15) is 34.7 Å². The van der Waals surface area contributed by atoms with Crippen LogP contribution in [0.2, 0.25) is 15.1 Å². The minimum atomic E-state index is -2.66. The van der Waals surface area contributed by atoms with Crippen LogP contribution in [0.5, 0.6) is 0 Å². The highest BCUT2D eigenvalue weighted by atomic mass is 35.5. The van der Waals surface area contributed by atoms with Crippen molar-refractivity contribution in [3.05, 3.63) is 62.6 Å². The van der Waals surface area contributed by atoms with E-state index in [-0.39, 0.29) is 35.9 Å². The number of hydrogen-bond donors (Lipinski definition) is 1. The van der Waals surface area contributed by atoms with Crippen LogP contribution < -0.4 is 5.32 Å². The Balaban J connectivity index is 1.45. The molecule has 2 saturated carbocycles. The fourth-order valence-corrected chi connectivity index (χ4v) is 5.97. The molecule has 2 aromatic carbocycles. The molecule has 2 amide bonds.